The quantitative estimate of drug-likeness (QED) is 0.423. The number of thioether (sulfide) groups is 1. The van der Waals surface area contributed by atoms with E-state index in [1.165, 1.54) is 22.3 Å². The topological polar surface area (TPSA) is 87.4 Å². The smallest absolute Gasteiger partial charge is 0.253 e. The number of H-pyrrole nitrogens is 1. The Bertz CT molecular complexity index is 1200. The normalized spacial score (nSPS) is 16.0. The molecule has 3 aromatic heterocycles. The van der Waals surface area contributed by atoms with Gasteiger partial charge in [0.25, 0.3) is 5.91 Å². The number of nitrogens with zero attached hydrogens (tertiary/aromatic N) is 4. The van der Waals surface area contributed by atoms with Crippen LogP contribution >= 0.6 is 23.1 Å². The number of hydrazone groups is 1. The summed E-state index contributed by atoms with van der Waals surface area (Å²) in [5.74, 6) is 1.49. The van der Waals surface area contributed by atoms with E-state index in [-0.39, 0.29) is 17.7 Å². The highest BCUT2D eigenvalue weighted by Crippen LogP contribution is 2.34. The number of thiophene rings is 1. The number of rotatable bonds is 6. The van der Waals surface area contributed by atoms with Gasteiger partial charge in [-0.25, -0.2) is 9.99 Å². The maximum absolute atomic E-state index is 13.0. The molecule has 0 unspecified atom stereocenters. The first-order chi connectivity index (χ1) is 15.2. The van der Waals surface area contributed by atoms with Gasteiger partial charge in [0.15, 0.2) is 5.82 Å². The summed E-state index contributed by atoms with van der Waals surface area (Å²) in [6.45, 7) is 2.04. The predicted molar refractivity (Wildman–Crippen MR) is 121 cm³/mol. The fraction of sp³-hybridized carbons (Fsp3) is 0.182. The Morgan fingerprint density at radius 3 is 2.87 bits per heavy atom. The van der Waals surface area contributed by atoms with Crippen LogP contribution in [0.3, 0.4) is 0 Å². The minimum atomic E-state index is -0.240. The molecule has 0 spiro atoms. The number of nitrogens with one attached hydrogen (secondary N) is 1. The molecule has 0 bridgehead atoms. The highest BCUT2D eigenvalue weighted by atomic mass is 32.2. The van der Waals surface area contributed by atoms with E-state index in [2.05, 4.69) is 20.3 Å². The summed E-state index contributed by atoms with van der Waals surface area (Å²) in [6, 6.07) is 15.5. The second-order valence-electron chi connectivity index (χ2n) is 7.12. The summed E-state index contributed by atoms with van der Waals surface area (Å²) in [4.78, 5) is 18.6. The van der Waals surface area contributed by atoms with Gasteiger partial charge in [0.05, 0.1) is 22.6 Å². The van der Waals surface area contributed by atoms with Crippen molar-refractivity contribution in [3.63, 3.8) is 0 Å². The van der Waals surface area contributed by atoms with Gasteiger partial charge in [-0.2, -0.15) is 5.10 Å². The van der Waals surface area contributed by atoms with Gasteiger partial charge < -0.3 is 4.42 Å². The van der Waals surface area contributed by atoms with E-state index in [1.807, 2.05) is 60.8 Å². The largest absolute Gasteiger partial charge is 0.467 e. The first kappa shape index (κ1) is 19.8. The number of hydrogen-bond acceptors (Lipinski definition) is 7. The lowest BCUT2D eigenvalue weighted by molar-refractivity contribution is -0.130. The lowest BCUT2D eigenvalue weighted by Crippen LogP contribution is -2.28. The van der Waals surface area contributed by atoms with Crippen molar-refractivity contribution in [2.45, 2.75) is 24.5 Å². The fourth-order valence-corrected chi connectivity index (χ4v) is 4.75. The van der Waals surface area contributed by atoms with E-state index < -0.39 is 0 Å². The number of furan rings is 1. The van der Waals surface area contributed by atoms with Crippen LogP contribution in [0.25, 0.3) is 11.4 Å². The number of aryl methyl sites for hydroxylation is 1. The Labute approximate surface area is 187 Å². The third-order valence-corrected chi connectivity index (χ3v) is 6.71. The van der Waals surface area contributed by atoms with Crippen LogP contribution in [0.5, 0.6) is 0 Å². The molecule has 9 heteroatoms. The summed E-state index contributed by atoms with van der Waals surface area (Å²) in [6.07, 6.45) is 2.25. The Morgan fingerprint density at radius 1 is 1.26 bits per heavy atom. The van der Waals surface area contributed by atoms with E-state index in [0.717, 1.165) is 21.9 Å². The van der Waals surface area contributed by atoms with Crippen LogP contribution in [0.2, 0.25) is 0 Å². The van der Waals surface area contributed by atoms with Gasteiger partial charge in [0, 0.05) is 12.0 Å². The molecule has 1 aliphatic heterocycles. The number of aromatic amines is 1. The average molecular weight is 450 g/mol. The van der Waals surface area contributed by atoms with Crippen LogP contribution in [-0.4, -0.2) is 37.6 Å². The van der Waals surface area contributed by atoms with Crippen LogP contribution in [0, 0.1) is 6.92 Å². The molecule has 1 N–H and O–H groups in total. The van der Waals surface area contributed by atoms with Gasteiger partial charge in [-0.15, -0.1) is 16.4 Å². The third-order valence-electron chi connectivity index (χ3n) is 4.96. The molecule has 156 valence electrons. The van der Waals surface area contributed by atoms with E-state index >= 15 is 0 Å². The van der Waals surface area contributed by atoms with E-state index in [0.29, 0.717) is 17.4 Å². The molecule has 1 aliphatic rings. The Morgan fingerprint density at radius 2 is 2.13 bits per heavy atom. The summed E-state index contributed by atoms with van der Waals surface area (Å²) >= 11 is 2.91. The predicted octanol–water partition coefficient (Wildman–Crippen LogP) is 4.90. The Hall–Kier alpha value is -3.17. The molecule has 4 heterocycles. The zero-order chi connectivity index (χ0) is 21.2. The van der Waals surface area contributed by atoms with Crippen molar-refractivity contribution in [3.8, 4) is 11.4 Å². The molecule has 5 rings (SSSR count). The molecule has 7 nitrogen and oxygen atoms in total. The molecule has 1 amide bonds. The average Bonchev–Trinajstić information content (AvgIpc) is 3.58. The molecule has 0 aliphatic carbocycles. The van der Waals surface area contributed by atoms with Gasteiger partial charge in [-0.05, 0) is 30.5 Å². The molecule has 31 heavy (non-hydrogen) atoms. The fourth-order valence-electron chi connectivity index (χ4n) is 3.38. The van der Waals surface area contributed by atoms with Crippen molar-refractivity contribution in [2.24, 2.45) is 5.10 Å². The standard InChI is InChI=1S/C22H19N5O2S2/c1-14-6-8-15(9-7-14)21-23-22(25-24-21)31-13-20(28)27-17(18-4-2-10-29-18)12-16(26-27)19-5-3-11-30-19/h2-11,17H,12-13H2,1H3,(H,23,24,25)/t17-/m1/s1. The lowest BCUT2D eigenvalue weighted by Gasteiger charge is -2.19. The molecule has 1 aromatic carbocycles. The van der Waals surface area contributed by atoms with Crippen molar-refractivity contribution < 1.29 is 9.21 Å². The minimum Gasteiger partial charge on any atom is -0.467 e. The monoisotopic (exact) mass is 449 g/mol. The van der Waals surface area contributed by atoms with Crippen LogP contribution in [0.1, 0.15) is 28.7 Å². The van der Waals surface area contributed by atoms with Crippen molar-refractivity contribution >= 4 is 34.7 Å². The molecule has 0 radical (unpaired) electrons. The van der Waals surface area contributed by atoms with E-state index in [9.17, 15) is 4.79 Å². The Balaban J connectivity index is 1.30. The van der Waals surface area contributed by atoms with Crippen LogP contribution < -0.4 is 0 Å². The lowest BCUT2D eigenvalue weighted by atomic mass is 10.1. The molecule has 1 atom stereocenters. The molecule has 0 saturated heterocycles. The van der Waals surface area contributed by atoms with E-state index in [4.69, 9.17) is 4.42 Å². The highest BCUT2D eigenvalue weighted by molar-refractivity contribution is 7.99. The van der Waals surface area contributed by atoms with Gasteiger partial charge in [0.2, 0.25) is 5.16 Å². The van der Waals surface area contributed by atoms with Crippen molar-refractivity contribution in [1.29, 1.82) is 0 Å². The number of amides is 1. The summed E-state index contributed by atoms with van der Waals surface area (Å²) in [5.41, 5.74) is 3.04. The zero-order valence-electron chi connectivity index (χ0n) is 16.7. The van der Waals surface area contributed by atoms with Gasteiger partial charge in [-0.3, -0.25) is 9.89 Å². The molecular formula is C22H19N5O2S2. The SMILES string of the molecule is Cc1ccc(-c2nc(SCC(=O)N3N=C(c4cccs4)C[C@@H]3c3ccco3)n[nH]2)cc1. The van der Waals surface area contributed by atoms with E-state index in [1.54, 1.807) is 17.6 Å². The molecular weight excluding hydrogens is 430 g/mol. The van der Waals surface area contributed by atoms with Crippen LogP contribution in [0.4, 0.5) is 0 Å². The van der Waals surface area contributed by atoms with Gasteiger partial charge in [-0.1, -0.05) is 47.7 Å². The second-order valence-corrected chi connectivity index (χ2v) is 9.01. The number of carbonyl (C=O) groups is 1. The van der Waals surface area contributed by atoms with Crippen molar-refractivity contribution in [2.75, 3.05) is 5.75 Å². The highest BCUT2D eigenvalue weighted by Gasteiger charge is 2.35. The summed E-state index contributed by atoms with van der Waals surface area (Å²) in [5, 5.41) is 15.9. The maximum Gasteiger partial charge on any atom is 0.253 e. The zero-order valence-corrected chi connectivity index (χ0v) is 18.3. The minimum absolute atomic E-state index is 0.111. The van der Waals surface area contributed by atoms with Crippen LogP contribution in [-0.2, 0) is 4.79 Å². The Kier molecular flexibility index (Phi) is 5.44. The number of hydrogen-bond donors (Lipinski definition) is 1. The van der Waals surface area contributed by atoms with Gasteiger partial charge >= 0.3 is 0 Å². The van der Waals surface area contributed by atoms with Crippen LogP contribution in [0.15, 0.2) is 74.8 Å². The molecule has 0 saturated carbocycles. The number of carbonyl (C=O) groups excluding carboxylic acids is 1. The summed E-state index contributed by atoms with van der Waals surface area (Å²) < 4.78 is 5.59. The molecule has 0 fully saturated rings. The number of benzene rings is 1. The third kappa shape index (κ3) is 4.19. The first-order valence-corrected chi connectivity index (χ1v) is 11.6. The molecule has 4 aromatic rings. The number of aromatic nitrogens is 3. The van der Waals surface area contributed by atoms with Crippen molar-refractivity contribution in [3.05, 3.63) is 76.4 Å². The van der Waals surface area contributed by atoms with Gasteiger partial charge in [0.1, 0.15) is 11.8 Å². The maximum atomic E-state index is 13.0. The second kappa shape index (κ2) is 8.52. The summed E-state index contributed by atoms with van der Waals surface area (Å²) in [7, 11) is 0. The van der Waals surface area contributed by atoms with Crippen molar-refractivity contribution in [1.82, 2.24) is 20.2 Å². The first-order valence-electron chi connectivity index (χ1n) is 9.76.